The van der Waals surface area contributed by atoms with Gasteiger partial charge >= 0.3 is 0 Å². The van der Waals surface area contributed by atoms with E-state index in [2.05, 4.69) is 10.5 Å². The third-order valence-electron chi connectivity index (χ3n) is 4.76. The first-order valence-corrected chi connectivity index (χ1v) is 11.1. The lowest BCUT2D eigenvalue weighted by Gasteiger charge is -2.11. The number of methoxy groups -OCH3 is 1. The second kappa shape index (κ2) is 12.4. The lowest BCUT2D eigenvalue weighted by molar-refractivity contribution is -0.384. The van der Waals surface area contributed by atoms with E-state index in [1.54, 1.807) is 48.5 Å². The predicted molar refractivity (Wildman–Crippen MR) is 133 cm³/mol. The number of benzene rings is 3. The van der Waals surface area contributed by atoms with Crippen molar-refractivity contribution >= 4 is 29.4 Å². The molecular weight excluding hydrogens is 474 g/mol. The number of hydrogen-bond acceptors (Lipinski definition) is 7. The molecule has 182 valence electrons. The number of ether oxygens (including phenoxy) is 3. The molecule has 1 amide bonds. The van der Waals surface area contributed by atoms with Crippen LogP contribution in [0.2, 0.25) is 5.02 Å². The molecule has 0 bridgehead atoms. The highest BCUT2D eigenvalue weighted by molar-refractivity contribution is 6.32. The quantitative estimate of drug-likeness (QED) is 0.216. The van der Waals surface area contributed by atoms with Crippen LogP contribution in [0.1, 0.15) is 34.8 Å². The number of nitrogens with one attached hydrogen (secondary N) is 1. The van der Waals surface area contributed by atoms with Gasteiger partial charge < -0.3 is 14.2 Å². The first-order valence-electron chi connectivity index (χ1n) is 10.7. The van der Waals surface area contributed by atoms with Crippen LogP contribution in [0.25, 0.3) is 0 Å². The van der Waals surface area contributed by atoms with Crippen molar-refractivity contribution in [3.05, 3.63) is 92.5 Å². The molecule has 3 aromatic carbocycles. The second-order valence-corrected chi connectivity index (χ2v) is 7.72. The van der Waals surface area contributed by atoms with Gasteiger partial charge in [-0.1, -0.05) is 18.5 Å². The minimum absolute atomic E-state index is 0.0136. The second-order valence-electron chi connectivity index (χ2n) is 7.32. The molecule has 0 aliphatic heterocycles. The SMILES string of the molecule is CCCOc1ccc(C(=O)N/N=C/c2ccc(OCc3ccc([N+](=O)[O-])cc3)c(Cl)c2)cc1OC. The van der Waals surface area contributed by atoms with Crippen LogP contribution in [0.4, 0.5) is 5.69 Å². The van der Waals surface area contributed by atoms with Crippen molar-refractivity contribution in [1.82, 2.24) is 5.43 Å². The summed E-state index contributed by atoms with van der Waals surface area (Å²) in [7, 11) is 1.51. The molecule has 0 heterocycles. The number of carbonyl (C=O) groups excluding carboxylic acids is 1. The van der Waals surface area contributed by atoms with Crippen LogP contribution >= 0.6 is 11.6 Å². The van der Waals surface area contributed by atoms with E-state index >= 15 is 0 Å². The molecule has 0 fully saturated rings. The van der Waals surface area contributed by atoms with E-state index in [0.29, 0.717) is 40.0 Å². The summed E-state index contributed by atoms with van der Waals surface area (Å²) in [6.45, 7) is 2.75. The average molecular weight is 498 g/mol. The van der Waals surface area contributed by atoms with Crippen molar-refractivity contribution in [2.75, 3.05) is 13.7 Å². The molecule has 0 atom stereocenters. The van der Waals surface area contributed by atoms with Gasteiger partial charge in [-0.25, -0.2) is 5.43 Å². The van der Waals surface area contributed by atoms with Gasteiger partial charge in [0, 0.05) is 17.7 Å². The summed E-state index contributed by atoms with van der Waals surface area (Å²) < 4.78 is 16.6. The molecular formula is C25H24ClN3O6. The van der Waals surface area contributed by atoms with E-state index in [-0.39, 0.29) is 12.3 Å². The lowest BCUT2D eigenvalue weighted by atomic mass is 10.2. The topological polar surface area (TPSA) is 112 Å². The third kappa shape index (κ3) is 7.18. The van der Waals surface area contributed by atoms with Gasteiger partial charge in [-0.15, -0.1) is 0 Å². The van der Waals surface area contributed by atoms with Gasteiger partial charge in [0.2, 0.25) is 0 Å². The number of carbonyl (C=O) groups is 1. The minimum atomic E-state index is -0.458. The Kier molecular flexibility index (Phi) is 9.02. The maximum atomic E-state index is 12.4. The standard InChI is InChI=1S/C25H24ClN3O6/c1-3-12-34-23-11-7-19(14-24(23)33-2)25(30)28-27-15-18-6-10-22(21(26)13-18)35-16-17-4-8-20(9-5-17)29(31)32/h4-11,13-15H,3,12,16H2,1-2H3,(H,28,30)/b27-15+. The number of rotatable bonds is 11. The van der Waals surface area contributed by atoms with E-state index in [9.17, 15) is 14.9 Å². The van der Waals surface area contributed by atoms with Gasteiger partial charge in [0.05, 0.1) is 29.9 Å². The average Bonchev–Trinajstić information content (AvgIpc) is 2.87. The number of amides is 1. The predicted octanol–water partition coefficient (Wildman–Crippen LogP) is 5.39. The molecule has 0 aliphatic rings. The van der Waals surface area contributed by atoms with E-state index in [1.165, 1.54) is 25.5 Å². The third-order valence-corrected chi connectivity index (χ3v) is 5.06. The molecule has 35 heavy (non-hydrogen) atoms. The van der Waals surface area contributed by atoms with Crippen molar-refractivity contribution in [2.45, 2.75) is 20.0 Å². The number of nitro benzene ring substituents is 1. The zero-order chi connectivity index (χ0) is 25.2. The van der Waals surface area contributed by atoms with E-state index in [4.69, 9.17) is 25.8 Å². The summed E-state index contributed by atoms with van der Waals surface area (Å²) in [6.07, 6.45) is 2.32. The summed E-state index contributed by atoms with van der Waals surface area (Å²) in [6, 6.07) is 16.0. The molecule has 0 unspecified atom stereocenters. The summed E-state index contributed by atoms with van der Waals surface area (Å²) in [5, 5.41) is 15.1. The normalized spacial score (nSPS) is 10.7. The maximum Gasteiger partial charge on any atom is 0.271 e. The fourth-order valence-electron chi connectivity index (χ4n) is 2.96. The molecule has 9 nitrogen and oxygen atoms in total. The minimum Gasteiger partial charge on any atom is -0.493 e. The van der Waals surface area contributed by atoms with Gasteiger partial charge in [-0.3, -0.25) is 14.9 Å². The number of nitrogens with zero attached hydrogens (tertiary/aromatic N) is 2. The molecule has 1 N–H and O–H groups in total. The van der Waals surface area contributed by atoms with Crippen LogP contribution in [0.15, 0.2) is 65.8 Å². The van der Waals surface area contributed by atoms with Gasteiger partial charge in [0.25, 0.3) is 11.6 Å². The smallest absolute Gasteiger partial charge is 0.271 e. The Morgan fingerprint density at radius 3 is 2.46 bits per heavy atom. The summed E-state index contributed by atoms with van der Waals surface area (Å²) >= 11 is 6.30. The van der Waals surface area contributed by atoms with Gasteiger partial charge in [-0.05, 0) is 66.1 Å². The number of hydrazone groups is 1. The molecule has 10 heteroatoms. The van der Waals surface area contributed by atoms with Crippen LogP contribution in [0.3, 0.4) is 0 Å². The van der Waals surface area contributed by atoms with Gasteiger partial charge in [0.1, 0.15) is 12.4 Å². The van der Waals surface area contributed by atoms with Crippen molar-refractivity contribution in [3.8, 4) is 17.2 Å². The van der Waals surface area contributed by atoms with Crippen molar-refractivity contribution in [2.24, 2.45) is 5.10 Å². The Morgan fingerprint density at radius 1 is 1.06 bits per heavy atom. The zero-order valence-corrected chi connectivity index (χ0v) is 19.9. The molecule has 0 spiro atoms. The summed E-state index contributed by atoms with van der Waals surface area (Å²) in [5.41, 5.74) is 4.27. The largest absolute Gasteiger partial charge is 0.493 e. The number of nitro groups is 1. The van der Waals surface area contributed by atoms with Crippen LogP contribution in [0, 0.1) is 10.1 Å². The van der Waals surface area contributed by atoms with Crippen LogP contribution < -0.4 is 19.6 Å². The Morgan fingerprint density at radius 2 is 1.80 bits per heavy atom. The summed E-state index contributed by atoms with van der Waals surface area (Å²) in [4.78, 5) is 22.7. The van der Waals surface area contributed by atoms with E-state index in [0.717, 1.165) is 12.0 Å². The van der Waals surface area contributed by atoms with Crippen LogP contribution in [0.5, 0.6) is 17.2 Å². The monoisotopic (exact) mass is 497 g/mol. The number of hydrogen-bond donors (Lipinski definition) is 1. The number of non-ortho nitro benzene ring substituents is 1. The van der Waals surface area contributed by atoms with Crippen LogP contribution in [-0.4, -0.2) is 30.8 Å². The highest BCUT2D eigenvalue weighted by atomic mass is 35.5. The first-order chi connectivity index (χ1) is 16.9. The van der Waals surface area contributed by atoms with Crippen LogP contribution in [-0.2, 0) is 6.61 Å². The molecule has 3 rings (SSSR count). The Labute approximate surface area is 207 Å². The molecule has 3 aromatic rings. The molecule has 0 radical (unpaired) electrons. The number of halogens is 1. The molecule has 0 saturated carbocycles. The zero-order valence-electron chi connectivity index (χ0n) is 19.2. The van der Waals surface area contributed by atoms with Gasteiger partial charge in [-0.2, -0.15) is 5.10 Å². The highest BCUT2D eigenvalue weighted by Crippen LogP contribution is 2.28. The van der Waals surface area contributed by atoms with Crippen molar-refractivity contribution in [3.63, 3.8) is 0 Å². The van der Waals surface area contributed by atoms with Crippen molar-refractivity contribution in [1.29, 1.82) is 0 Å². The Balaban J connectivity index is 1.57. The maximum absolute atomic E-state index is 12.4. The Bertz CT molecular complexity index is 1210. The Hall–Kier alpha value is -4.11. The highest BCUT2D eigenvalue weighted by Gasteiger charge is 2.11. The molecule has 0 saturated heterocycles. The summed E-state index contributed by atoms with van der Waals surface area (Å²) in [5.74, 6) is 1.07. The van der Waals surface area contributed by atoms with E-state index < -0.39 is 10.8 Å². The lowest BCUT2D eigenvalue weighted by Crippen LogP contribution is -2.17. The van der Waals surface area contributed by atoms with Crippen molar-refractivity contribution < 1.29 is 23.9 Å². The molecule has 0 aromatic heterocycles. The molecule has 0 aliphatic carbocycles. The first kappa shape index (κ1) is 25.5. The van der Waals surface area contributed by atoms with E-state index in [1.807, 2.05) is 6.92 Å². The fraction of sp³-hybridized carbons (Fsp3) is 0.200. The van der Waals surface area contributed by atoms with Gasteiger partial charge in [0.15, 0.2) is 11.5 Å². The fourth-order valence-corrected chi connectivity index (χ4v) is 3.20.